The van der Waals surface area contributed by atoms with Crippen molar-refractivity contribution in [3.8, 4) is 0 Å². The van der Waals surface area contributed by atoms with Crippen molar-refractivity contribution in [2.45, 2.75) is 38.6 Å². The van der Waals surface area contributed by atoms with E-state index in [9.17, 15) is 8.42 Å². The zero-order chi connectivity index (χ0) is 20.4. The molecule has 0 bridgehead atoms. The van der Waals surface area contributed by atoms with Crippen molar-refractivity contribution in [3.05, 3.63) is 71.3 Å². The van der Waals surface area contributed by atoms with E-state index in [1.807, 2.05) is 56.3 Å². The fourth-order valence-electron chi connectivity index (χ4n) is 2.75. The maximum Gasteiger partial charge on any atom is 0.216 e. The molecule has 0 radical (unpaired) electrons. The highest BCUT2D eigenvalue weighted by atomic mass is 127. The second-order valence-corrected chi connectivity index (χ2v) is 8.69. The van der Waals surface area contributed by atoms with Gasteiger partial charge >= 0.3 is 0 Å². The highest BCUT2D eigenvalue weighted by molar-refractivity contribution is 14.0. The van der Waals surface area contributed by atoms with Crippen LogP contribution in [0.5, 0.6) is 0 Å². The fourth-order valence-corrected chi connectivity index (χ4v) is 4.18. The lowest BCUT2D eigenvalue weighted by Gasteiger charge is -2.13. The standard InChI is InChI=1S/C21H30N4O2S.HI/c1-17(2)25-28(26,27)16-20-11-9-19(10-12-20)15-24-21(22-3)23-14-13-18-7-5-4-6-8-18;/h4-12,17,25H,13-16H2,1-3H3,(H2,22,23,24);1H. The van der Waals surface area contributed by atoms with Gasteiger partial charge in [-0.05, 0) is 37.0 Å². The maximum atomic E-state index is 12.0. The van der Waals surface area contributed by atoms with Gasteiger partial charge in [-0.1, -0.05) is 54.6 Å². The van der Waals surface area contributed by atoms with Crippen LogP contribution in [-0.4, -0.2) is 34.0 Å². The minimum atomic E-state index is -3.30. The van der Waals surface area contributed by atoms with E-state index in [0.29, 0.717) is 6.54 Å². The number of sulfonamides is 1. The molecule has 0 aliphatic rings. The van der Waals surface area contributed by atoms with Crippen molar-refractivity contribution in [1.82, 2.24) is 15.4 Å². The van der Waals surface area contributed by atoms with Gasteiger partial charge in [-0.2, -0.15) is 0 Å². The molecule has 0 aliphatic carbocycles. The van der Waals surface area contributed by atoms with Crippen molar-refractivity contribution in [2.75, 3.05) is 13.6 Å². The summed E-state index contributed by atoms with van der Waals surface area (Å²) in [6, 6.07) is 17.8. The van der Waals surface area contributed by atoms with E-state index in [4.69, 9.17) is 0 Å². The van der Waals surface area contributed by atoms with Crippen LogP contribution >= 0.6 is 24.0 Å². The Kier molecular flexibility index (Phi) is 11.2. The normalized spacial score (nSPS) is 11.8. The third-order valence-corrected chi connectivity index (χ3v) is 5.57. The topological polar surface area (TPSA) is 82.6 Å². The maximum absolute atomic E-state index is 12.0. The molecule has 160 valence electrons. The van der Waals surface area contributed by atoms with Crippen LogP contribution in [0, 0.1) is 0 Å². The quantitative estimate of drug-likeness (QED) is 0.265. The Morgan fingerprint density at radius 2 is 1.55 bits per heavy atom. The molecular formula is C21H31IN4O2S. The van der Waals surface area contributed by atoms with Crippen LogP contribution < -0.4 is 15.4 Å². The predicted octanol–water partition coefficient (Wildman–Crippen LogP) is 3.04. The largest absolute Gasteiger partial charge is 0.356 e. The number of nitrogens with zero attached hydrogens (tertiary/aromatic N) is 1. The molecule has 0 atom stereocenters. The molecule has 0 spiro atoms. The number of benzene rings is 2. The summed E-state index contributed by atoms with van der Waals surface area (Å²) in [5.41, 5.74) is 3.11. The van der Waals surface area contributed by atoms with Gasteiger partial charge in [0.15, 0.2) is 5.96 Å². The molecule has 0 fully saturated rings. The van der Waals surface area contributed by atoms with Gasteiger partial charge in [-0.3, -0.25) is 4.99 Å². The number of nitrogens with one attached hydrogen (secondary N) is 3. The molecule has 0 heterocycles. The Hall–Kier alpha value is -1.65. The van der Waals surface area contributed by atoms with Crippen LogP contribution in [0.3, 0.4) is 0 Å². The second kappa shape index (κ2) is 12.8. The van der Waals surface area contributed by atoms with E-state index in [0.717, 1.165) is 30.1 Å². The number of guanidine groups is 1. The number of halogens is 1. The Bertz CT molecular complexity index is 854. The first-order chi connectivity index (χ1) is 13.4. The molecule has 8 heteroatoms. The van der Waals surface area contributed by atoms with Gasteiger partial charge in [-0.15, -0.1) is 24.0 Å². The van der Waals surface area contributed by atoms with E-state index < -0.39 is 10.0 Å². The van der Waals surface area contributed by atoms with Crippen molar-refractivity contribution in [3.63, 3.8) is 0 Å². The zero-order valence-electron chi connectivity index (χ0n) is 17.2. The summed E-state index contributed by atoms with van der Waals surface area (Å²) < 4.78 is 26.6. The van der Waals surface area contributed by atoms with Crippen molar-refractivity contribution >= 4 is 40.0 Å². The van der Waals surface area contributed by atoms with Crippen LogP contribution in [0.4, 0.5) is 0 Å². The van der Waals surface area contributed by atoms with E-state index >= 15 is 0 Å². The van der Waals surface area contributed by atoms with E-state index in [-0.39, 0.29) is 35.8 Å². The fraction of sp³-hybridized carbons (Fsp3) is 0.381. The van der Waals surface area contributed by atoms with Crippen LogP contribution in [0.1, 0.15) is 30.5 Å². The Morgan fingerprint density at radius 1 is 0.931 bits per heavy atom. The number of aliphatic imine (C=N–C) groups is 1. The van der Waals surface area contributed by atoms with Gasteiger partial charge in [0.2, 0.25) is 10.0 Å². The smallest absolute Gasteiger partial charge is 0.216 e. The monoisotopic (exact) mass is 530 g/mol. The zero-order valence-corrected chi connectivity index (χ0v) is 20.3. The van der Waals surface area contributed by atoms with Crippen LogP contribution in [0.2, 0.25) is 0 Å². The molecule has 2 rings (SSSR count). The van der Waals surface area contributed by atoms with Crippen molar-refractivity contribution < 1.29 is 8.42 Å². The van der Waals surface area contributed by atoms with Gasteiger partial charge in [0.1, 0.15) is 0 Å². The van der Waals surface area contributed by atoms with E-state index in [1.54, 1.807) is 7.05 Å². The third-order valence-electron chi connectivity index (χ3n) is 4.03. The average molecular weight is 530 g/mol. The van der Waals surface area contributed by atoms with Crippen molar-refractivity contribution in [2.24, 2.45) is 4.99 Å². The first-order valence-electron chi connectivity index (χ1n) is 9.44. The van der Waals surface area contributed by atoms with Gasteiger partial charge in [0.25, 0.3) is 0 Å². The molecule has 2 aromatic carbocycles. The lowest BCUT2D eigenvalue weighted by Crippen LogP contribution is -2.37. The molecule has 0 unspecified atom stereocenters. The number of hydrogen-bond acceptors (Lipinski definition) is 3. The van der Waals surface area contributed by atoms with Gasteiger partial charge in [0, 0.05) is 26.2 Å². The molecule has 0 aromatic heterocycles. The highest BCUT2D eigenvalue weighted by Crippen LogP contribution is 2.08. The summed E-state index contributed by atoms with van der Waals surface area (Å²) in [5.74, 6) is 0.727. The summed E-state index contributed by atoms with van der Waals surface area (Å²) in [5, 5.41) is 6.57. The van der Waals surface area contributed by atoms with Crippen LogP contribution in [0.15, 0.2) is 59.6 Å². The highest BCUT2D eigenvalue weighted by Gasteiger charge is 2.12. The molecular weight excluding hydrogens is 499 g/mol. The number of hydrogen-bond donors (Lipinski definition) is 3. The molecule has 6 nitrogen and oxygen atoms in total. The van der Waals surface area contributed by atoms with E-state index in [1.165, 1.54) is 5.56 Å². The Balaban J connectivity index is 0.00000420. The average Bonchev–Trinajstić information content (AvgIpc) is 2.65. The van der Waals surface area contributed by atoms with Crippen LogP contribution in [0.25, 0.3) is 0 Å². The second-order valence-electron chi connectivity index (χ2n) is 6.94. The Morgan fingerprint density at radius 3 is 2.14 bits per heavy atom. The summed E-state index contributed by atoms with van der Waals surface area (Å²) in [7, 11) is -1.56. The van der Waals surface area contributed by atoms with Crippen LogP contribution in [-0.2, 0) is 28.7 Å². The minimum Gasteiger partial charge on any atom is -0.356 e. The number of rotatable bonds is 9. The summed E-state index contributed by atoms with van der Waals surface area (Å²) in [6.45, 7) is 5.03. The summed E-state index contributed by atoms with van der Waals surface area (Å²) >= 11 is 0. The predicted molar refractivity (Wildman–Crippen MR) is 131 cm³/mol. The molecule has 3 N–H and O–H groups in total. The minimum absolute atomic E-state index is 0. The molecule has 0 amide bonds. The lowest BCUT2D eigenvalue weighted by atomic mass is 10.1. The van der Waals surface area contributed by atoms with Gasteiger partial charge in [0.05, 0.1) is 5.75 Å². The molecule has 2 aromatic rings. The summed E-state index contributed by atoms with van der Waals surface area (Å²) in [4.78, 5) is 4.23. The molecule has 0 aliphatic heterocycles. The molecule has 0 saturated heterocycles. The first-order valence-corrected chi connectivity index (χ1v) is 11.1. The lowest BCUT2D eigenvalue weighted by molar-refractivity contribution is 0.569. The van der Waals surface area contributed by atoms with Gasteiger partial charge < -0.3 is 10.6 Å². The summed E-state index contributed by atoms with van der Waals surface area (Å²) in [6.07, 6.45) is 0.926. The van der Waals surface area contributed by atoms with Gasteiger partial charge in [-0.25, -0.2) is 13.1 Å². The van der Waals surface area contributed by atoms with E-state index in [2.05, 4.69) is 32.5 Å². The Labute approximate surface area is 191 Å². The third kappa shape index (κ3) is 10.1. The SMILES string of the molecule is CN=C(NCCc1ccccc1)NCc1ccc(CS(=O)(=O)NC(C)C)cc1.I. The first kappa shape index (κ1) is 25.4. The molecule has 0 saturated carbocycles. The molecule has 29 heavy (non-hydrogen) atoms. The van der Waals surface area contributed by atoms with Crippen molar-refractivity contribution in [1.29, 1.82) is 0 Å².